The smallest absolute Gasteiger partial charge is 0.340 e. The van der Waals surface area contributed by atoms with E-state index in [0.717, 1.165) is 42.4 Å². The second-order valence-electron chi connectivity index (χ2n) is 8.92. The first kappa shape index (κ1) is 21.5. The first-order valence-electron chi connectivity index (χ1n) is 11.3. The number of esters is 1. The van der Waals surface area contributed by atoms with E-state index in [4.69, 9.17) is 0 Å². The number of methoxy groups -OCH3 is 1. The van der Waals surface area contributed by atoms with E-state index in [0.29, 0.717) is 22.9 Å². The maximum atomic E-state index is 14.3. The summed E-state index contributed by atoms with van der Waals surface area (Å²) in [5.41, 5.74) is 3.00. The topological polar surface area (TPSA) is 67.9 Å². The number of pyridine rings is 1. The molecular formula is C26H25F2N3O2. The zero-order valence-electron chi connectivity index (χ0n) is 18.6. The Kier molecular flexibility index (Phi) is 5.56. The summed E-state index contributed by atoms with van der Waals surface area (Å²) in [6.07, 6.45) is 5.85. The number of benzene rings is 2. The van der Waals surface area contributed by atoms with Crippen LogP contribution in [-0.2, 0) is 4.74 Å². The molecule has 1 N–H and O–H groups in total. The lowest BCUT2D eigenvalue weighted by atomic mass is 9.73. The van der Waals surface area contributed by atoms with E-state index < -0.39 is 11.8 Å². The SMILES string of the molecule is COC(=O)c1cc2nc(C(C)C3CCC(c4ccnc5ccc(F)cc45)CC3)[nH]c2cc1F. The summed E-state index contributed by atoms with van der Waals surface area (Å²) in [5, 5.41) is 0.898. The number of H-pyrrole nitrogens is 1. The second kappa shape index (κ2) is 8.54. The quantitative estimate of drug-likeness (QED) is 0.374. The minimum Gasteiger partial charge on any atom is -0.465 e. The molecule has 4 aromatic rings. The van der Waals surface area contributed by atoms with E-state index in [1.807, 2.05) is 6.07 Å². The molecule has 0 radical (unpaired) electrons. The van der Waals surface area contributed by atoms with Gasteiger partial charge in [-0.3, -0.25) is 4.98 Å². The van der Waals surface area contributed by atoms with E-state index in [9.17, 15) is 13.6 Å². The number of imidazole rings is 1. The minimum atomic E-state index is -0.714. The number of nitrogens with one attached hydrogen (secondary N) is 1. The van der Waals surface area contributed by atoms with Crippen molar-refractivity contribution in [3.63, 3.8) is 0 Å². The van der Waals surface area contributed by atoms with Gasteiger partial charge in [0.1, 0.15) is 17.5 Å². The van der Waals surface area contributed by atoms with Crippen molar-refractivity contribution in [2.75, 3.05) is 7.11 Å². The molecule has 1 aliphatic carbocycles. The summed E-state index contributed by atoms with van der Waals surface area (Å²) in [6, 6.07) is 9.53. The van der Waals surface area contributed by atoms with Crippen molar-refractivity contribution in [2.24, 2.45) is 5.92 Å². The van der Waals surface area contributed by atoms with Crippen LogP contribution in [0.5, 0.6) is 0 Å². The molecular weight excluding hydrogens is 424 g/mol. The highest BCUT2D eigenvalue weighted by Crippen LogP contribution is 2.43. The lowest BCUT2D eigenvalue weighted by molar-refractivity contribution is 0.0595. The Hall–Kier alpha value is -3.35. The lowest BCUT2D eigenvalue weighted by Gasteiger charge is -2.32. The number of halogens is 2. The molecule has 0 amide bonds. The van der Waals surface area contributed by atoms with Crippen LogP contribution in [0.4, 0.5) is 8.78 Å². The predicted molar refractivity (Wildman–Crippen MR) is 122 cm³/mol. The molecule has 33 heavy (non-hydrogen) atoms. The maximum absolute atomic E-state index is 14.3. The predicted octanol–water partition coefficient (Wildman–Crippen LogP) is 6.25. The maximum Gasteiger partial charge on any atom is 0.340 e. The standard InChI is InChI=1S/C26H25F2N3O2/c1-14(25-30-23-12-20(26(32)33-2)21(28)13-24(23)31-25)15-3-5-16(6-4-15)18-9-10-29-22-8-7-17(27)11-19(18)22/h7-16H,3-6H2,1-2H3,(H,30,31). The van der Waals surface area contributed by atoms with Crippen LogP contribution in [0, 0.1) is 17.6 Å². The zero-order chi connectivity index (χ0) is 23.1. The van der Waals surface area contributed by atoms with Crippen molar-refractivity contribution in [1.29, 1.82) is 0 Å². The Balaban J connectivity index is 1.34. The van der Waals surface area contributed by atoms with Gasteiger partial charge in [0, 0.05) is 23.6 Å². The van der Waals surface area contributed by atoms with Gasteiger partial charge >= 0.3 is 5.97 Å². The first-order chi connectivity index (χ1) is 15.9. The molecule has 1 aliphatic rings. The molecule has 5 rings (SSSR count). The fourth-order valence-electron chi connectivity index (χ4n) is 5.18. The number of ether oxygens (including phenoxy) is 1. The van der Waals surface area contributed by atoms with Gasteiger partial charge in [0.15, 0.2) is 0 Å². The number of hydrogen-bond donors (Lipinski definition) is 1. The number of nitrogens with zero attached hydrogens (tertiary/aromatic N) is 2. The van der Waals surface area contributed by atoms with Crippen molar-refractivity contribution in [1.82, 2.24) is 15.0 Å². The van der Waals surface area contributed by atoms with Crippen molar-refractivity contribution in [2.45, 2.75) is 44.4 Å². The average Bonchev–Trinajstić information content (AvgIpc) is 3.25. The van der Waals surface area contributed by atoms with Gasteiger partial charge in [0.2, 0.25) is 0 Å². The van der Waals surface area contributed by atoms with Crippen LogP contribution < -0.4 is 0 Å². The van der Waals surface area contributed by atoms with Gasteiger partial charge in [-0.05, 0) is 73.4 Å². The van der Waals surface area contributed by atoms with Gasteiger partial charge in [-0.1, -0.05) is 6.92 Å². The summed E-state index contributed by atoms with van der Waals surface area (Å²) < 4.78 is 32.8. The third kappa shape index (κ3) is 3.96. The van der Waals surface area contributed by atoms with Crippen LogP contribution in [0.3, 0.4) is 0 Å². The van der Waals surface area contributed by atoms with E-state index >= 15 is 0 Å². The third-order valence-electron chi connectivity index (χ3n) is 7.08. The average molecular weight is 450 g/mol. The summed E-state index contributed by atoms with van der Waals surface area (Å²) in [7, 11) is 1.23. The number of fused-ring (bicyclic) bond motifs is 2. The minimum absolute atomic E-state index is 0.114. The molecule has 0 spiro atoms. The first-order valence-corrected chi connectivity index (χ1v) is 11.3. The van der Waals surface area contributed by atoms with Crippen molar-refractivity contribution in [3.8, 4) is 0 Å². The Morgan fingerprint density at radius 1 is 1.09 bits per heavy atom. The van der Waals surface area contributed by atoms with Crippen LogP contribution in [-0.4, -0.2) is 28.0 Å². The second-order valence-corrected chi connectivity index (χ2v) is 8.92. The fourth-order valence-corrected chi connectivity index (χ4v) is 5.18. The molecule has 1 fully saturated rings. The largest absolute Gasteiger partial charge is 0.465 e. The number of aromatic amines is 1. The summed E-state index contributed by atoms with van der Waals surface area (Å²) in [5.74, 6) is 0.175. The molecule has 2 aromatic carbocycles. The Bertz CT molecular complexity index is 1340. The van der Waals surface area contributed by atoms with Crippen LogP contribution in [0.1, 0.15) is 66.2 Å². The molecule has 0 bridgehead atoms. The van der Waals surface area contributed by atoms with Gasteiger partial charge in [-0.2, -0.15) is 0 Å². The van der Waals surface area contributed by atoms with E-state index in [1.165, 1.54) is 30.9 Å². The molecule has 0 aliphatic heterocycles. The van der Waals surface area contributed by atoms with Gasteiger partial charge in [-0.15, -0.1) is 0 Å². The molecule has 5 nitrogen and oxygen atoms in total. The fraction of sp³-hybridized carbons (Fsp3) is 0.346. The van der Waals surface area contributed by atoms with E-state index in [2.05, 4.69) is 26.6 Å². The highest BCUT2D eigenvalue weighted by atomic mass is 19.1. The van der Waals surface area contributed by atoms with Crippen LogP contribution in [0.2, 0.25) is 0 Å². The zero-order valence-corrected chi connectivity index (χ0v) is 18.6. The number of carbonyl (C=O) groups excluding carboxylic acids is 1. The number of aromatic nitrogens is 3. The van der Waals surface area contributed by atoms with Crippen molar-refractivity contribution in [3.05, 3.63) is 71.2 Å². The van der Waals surface area contributed by atoms with Crippen LogP contribution >= 0.6 is 0 Å². The van der Waals surface area contributed by atoms with Gasteiger partial charge < -0.3 is 9.72 Å². The Morgan fingerprint density at radius 2 is 1.88 bits per heavy atom. The summed E-state index contributed by atoms with van der Waals surface area (Å²) >= 11 is 0. The molecule has 0 saturated heterocycles. The number of hydrogen-bond acceptors (Lipinski definition) is 4. The van der Waals surface area contributed by atoms with Crippen molar-refractivity contribution >= 4 is 27.9 Å². The Morgan fingerprint density at radius 3 is 2.64 bits per heavy atom. The molecule has 1 unspecified atom stereocenters. The highest BCUT2D eigenvalue weighted by molar-refractivity contribution is 5.94. The summed E-state index contributed by atoms with van der Waals surface area (Å²) in [4.78, 5) is 24.1. The van der Waals surface area contributed by atoms with E-state index in [1.54, 1.807) is 18.3 Å². The molecule has 1 saturated carbocycles. The Labute approximate surface area is 190 Å². The lowest BCUT2D eigenvalue weighted by Crippen LogP contribution is -2.19. The van der Waals surface area contributed by atoms with E-state index in [-0.39, 0.29) is 17.3 Å². The van der Waals surface area contributed by atoms with Gasteiger partial charge in [0.25, 0.3) is 0 Å². The van der Waals surface area contributed by atoms with Crippen molar-refractivity contribution < 1.29 is 18.3 Å². The summed E-state index contributed by atoms with van der Waals surface area (Å²) in [6.45, 7) is 2.14. The molecule has 1 atom stereocenters. The molecule has 2 heterocycles. The molecule has 170 valence electrons. The number of carbonyl (C=O) groups is 1. The third-order valence-corrected chi connectivity index (χ3v) is 7.08. The highest BCUT2D eigenvalue weighted by Gasteiger charge is 2.29. The molecule has 7 heteroatoms. The van der Waals surface area contributed by atoms with Crippen LogP contribution in [0.25, 0.3) is 21.9 Å². The number of rotatable bonds is 4. The van der Waals surface area contributed by atoms with Crippen LogP contribution in [0.15, 0.2) is 42.6 Å². The molecule has 2 aromatic heterocycles. The van der Waals surface area contributed by atoms with Gasteiger partial charge in [-0.25, -0.2) is 18.6 Å². The monoisotopic (exact) mass is 449 g/mol. The normalized spacial score (nSPS) is 19.6. The van der Waals surface area contributed by atoms with Gasteiger partial charge in [0.05, 0.1) is 29.2 Å².